The summed E-state index contributed by atoms with van der Waals surface area (Å²) in [5.41, 5.74) is 8.99. The fraction of sp³-hybridized carbons (Fsp3) is 0.0192. The highest BCUT2D eigenvalue weighted by molar-refractivity contribution is 6.95. The van der Waals surface area contributed by atoms with Gasteiger partial charge in [0.05, 0.1) is 33.8 Å². The number of fused-ring (bicyclic) bond motifs is 6. The molecular weight excluding hydrogens is 709 g/mol. The molecule has 4 nitrogen and oxygen atoms in total. The molecule has 1 aliphatic heterocycles. The molecule has 0 radical (unpaired) electrons. The molecule has 270 valence electrons. The van der Waals surface area contributed by atoms with E-state index in [-0.39, 0.29) is 6.04 Å². The molecule has 8 aromatic carbocycles. The molecule has 11 rings (SSSR count). The second-order valence-electron chi connectivity index (χ2n) is 14.8. The SMILES string of the molecule is C1=C(c2ccccc2)N=C(n2c3ccc(-n4c5ccccc5c5ccccc54)cc3c3cc([SiH](c4ccccc4)c4ccccc4)ccc32)NC1c1ccccc1. The van der Waals surface area contributed by atoms with Crippen molar-refractivity contribution in [3.63, 3.8) is 0 Å². The molecule has 0 amide bonds. The van der Waals surface area contributed by atoms with Gasteiger partial charge in [0.2, 0.25) is 5.96 Å². The van der Waals surface area contributed by atoms with Gasteiger partial charge in [-0.3, -0.25) is 4.57 Å². The minimum Gasteiger partial charge on any atom is -0.345 e. The van der Waals surface area contributed by atoms with Crippen LogP contribution in [-0.4, -0.2) is 23.9 Å². The van der Waals surface area contributed by atoms with E-state index in [1.54, 1.807) is 0 Å². The third-order valence-corrected chi connectivity index (χ3v) is 14.6. The Bertz CT molecular complexity index is 3050. The van der Waals surface area contributed by atoms with Crippen molar-refractivity contribution in [1.82, 2.24) is 14.5 Å². The van der Waals surface area contributed by atoms with E-state index in [1.807, 2.05) is 0 Å². The normalized spacial score (nSPS) is 14.3. The van der Waals surface area contributed by atoms with Gasteiger partial charge in [-0.2, -0.15) is 0 Å². The molecule has 0 spiro atoms. The van der Waals surface area contributed by atoms with Gasteiger partial charge in [0.15, 0.2) is 0 Å². The van der Waals surface area contributed by atoms with Gasteiger partial charge in [0.1, 0.15) is 8.80 Å². The van der Waals surface area contributed by atoms with Crippen LogP contribution >= 0.6 is 0 Å². The summed E-state index contributed by atoms with van der Waals surface area (Å²) in [6.07, 6.45) is 2.25. The largest absolute Gasteiger partial charge is 0.345 e. The molecule has 0 saturated carbocycles. The number of hydrogen-bond donors (Lipinski definition) is 1. The van der Waals surface area contributed by atoms with Gasteiger partial charge in [0, 0.05) is 32.8 Å². The summed E-state index contributed by atoms with van der Waals surface area (Å²) in [5, 5.41) is 13.0. The van der Waals surface area contributed by atoms with Crippen molar-refractivity contribution in [2.24, 2.45) is 4.99 Å². The van der Waals surface area contributed by atoms with E-state index in [9.17, 15) is 0 Å². The van der Waals surface area contributed by atoms with E-state index in [1.165, 1.54) is 53.7 Å². The molecule has 5 heteroatoms. The van der Waals surface area contributed by atoms with Gasteiger partial charge in [-0.05, 0) is 48.0 Å². The summed E-state index contributed by atoms with van der Waals surface area (Å²) in [6.45, 7) is 0. The van der Waals surface area contributed by atoms with E-state index < -0.39 is 8.80 Å². The Hall–Kier alpha value is -7.21. The van der Waals surface area contributed by atoms with Gasteiger partial charge in [-0.25, -0.2) is 4.99 Å². The van der Waals surface area contributed by atoms with Crippen LogP contribution in [0.3, 0.4) is 0 Å². The number of para-hydroxylation sites is 2. The Morgan fingerprint density at radius 3 is 1.56 bits per heavy atom. The first-order valence-corrected chi connectivity index (χ1v) is 21.4. The van der Waals surface area contributed by atoms with Crippen LogP contribution in [0.5, 0.6) is 0 Å². The van der Waals surface area contributed by atoms with Crippen LogP contribution in [0.4, 0.5) is 0 Å². The Labute approximate surface area is 332 Å². The zero-order valence-electron chi connectivity index (χ0n) is 31.2. The Kier molecular flexibility index (Phi) is 8.04. The molecule has 2 aromatic heterocycles. The lowest BCUT2D eigenvalue weighted by atomic mass is 10.0. The van der Waals surface area contributed by atoms with E-state index >= 15 is 0 Å². The number of rotatable bonds is 6. The Morgan fingerprint density at radius 1 is 0.421 bits per heavy atom. The number of hydrogen-bond acceptors (Lipinski definition) is 2. The van der Waals surface area contributed by atoms with Gasteiger partial charge < -0.3 is 9.88 Å². The monoisotopic (exact) mass is 746 g/mol. The van der Waals surface area contributed by atoms with E-state index in [2.05, 4.69) is 227 Å². The summed E-state index contributed by atoms with van der Waals surface area (Å²) in [4.78, 5) is 5.41. The van der Waals surface area contributed by atoms with E-state index in [0.717, 1.165) is 33.9 Å². The maximum atomic E-state index is 5.41. The fourth-order valence-corrected chi connectivity index (χ4v) is 11.9. The molecule has 1 aliphatic rings. The third kappa shape index (κ3) is 5.71. The maximum Gasteiger partial charge on any atom is 0.209 e. The highest BCUT2D eigenvalue weighted by Crippen LogP contribution is 2.36. The molecular formula is C52H38N4Si. The molecule has 57 heavy (non-hydrogen) atoms. The Balaban J connectivity index is 1.18. The molecule has 10 aromatic rings. The minimum atomic E-state index is -1.82. The predicted molar refractivity (Wildman–Crippen MR) is 242 cm³/mol. The standard InChI is InChI=1S/C52H38N4Si/c1-5-17-36(18-6-1)46-35-47(37-19-7-2-8-20-37)54-52(53-46)56-50-31-29-38(55-48-27-15-13-25-42(48)43-26-14-16-28-49(43)55)33-44(50)45-34-41(30-32-51(45)56)57(39-21-9-3-10-22-39)40-23-11-4-12-24-40/h1-35,46,57H,(H,53,54). The van der Waals surface area contributed by atoms with Gasteiger partial charge in [-0.1, -0.05) is 185 Å². The predicted octanol–water partition coefficient (Wildman–Crippen LogP) is 9.73. The van der Waals surface area contributed by atoms with Crippen molar-refractivity contribution < 1.29 is 0 Å². The molecule has 1 unspecified atom stereocenters. The molecule has 0 aliphatic carbocycles. The van der Waals surface area contributed by atoms with Crippen LogP contribution in [0.15, 0.2) is 217 Å². The maximum absolute atomic E-state index is 5.41. The number of aromatic nitrogens is 2. The van der Waals surface area contributed by atoms with Crippen molar-refractivity contribution in [1.29, 1.82) is 0 Å². The number of nitrogens with one attached hydrogen (secondary N) is 1. The highest BCUT2D eigenvalue weighted by Gasteiger charge is 2.26. The lowest BCUT2D eigenvalue weighted by Crippen LogP contribution is -2.51. The van der Waals surface area contributed by atoms with Crippen LogP contribution < -0.4 is 20.9 Å². The number of nitrogens with zero attached hydrogens (tertiary/aromatic N) is 3. The summed E-state index contributed by atoms with van der Waals surface area (Å²) >= 11 is 0. The van der Waals surface area contributed by atoms with Gasteiger partial charge in [0.25, 0.3) is 0 Å². The molecule has 1 atom stereocenters. The highest BCUT2D eigenvalue weighted by atomic mass is 28.3. The average molecular weight is 747 g/mol. The summed E-state index contributed by atoms with van der Waals surface area (Å²) in [6, 6.07) is 74.9. The quantitative estimate of drug-likeness (QED) is 0.134. The van der Waals surface area contributed by atoms with Crippen molar-refractivity contribution in [2.75, 3.05) is 0 Å². The fourth-order valence-electron chi connectivity index (χ4n) is 8.89. The van der Waals surface area contributed by atoms with Crippen LogP contribution in [0.25, 0.3) is 55.0 Å². The summed E-state index contributed by atoms with van der Waals surface area (Å²) in [7, 11) is -1.82. The van der Waals surface area contributed by atoms with Crippen molar-refractivity contribution in [3.8, 4) is 5.69 Å². The molecule has 1 N–H and O–H groups in total. The van der Waals surface area contributed by atoms with Crippen LogP contribution in [-0.2, 0) is 0 Å². The molecule has 0 saturated heterocycles. The first-order chi connectivity index (χ1) is 28.3. The van der Waals surface area contributed by atoms with Crippen LogP contribution in [0.2, 0.25) is 0 Å². The summed E-state index contributed by atoms with van der Waals surface area (Å²) < 4.78 is 4.76. The summed E-state index contributed by atoms with van der Waals surface area (Å²) in [5.74, 6) is 0.808. The number of benzene rings is 8. The zero-order valence-corrected chi connectivity index (χ0v) is 32.4. The second kappa shape index (κ2) is 13.8. The van der Waals surface area contributed by atoms with Crippen molar-refractivity contribution >= 4 is 79.6 Å². The molecule has 0 fully saturated rings. The van der Waals surface area contributed by atoms with Crippen molar-refractivity contribution in [3.05, 3.63) is 223 Å². The topological polar surface area (TPSA) is 34.2 Å². The lowest BCUT2D eigenvalue weighted by Gasteiger charge is -2.25. The van der Waals surface area contributed by atoms with Crippen LogP contribution in [0.1, 0.15) is 17.2 Å². The molecule has 3 heterocycles. The van der Waals surface area contributed by atoms with Crippen LogP contribution in [0, 0.1) is 0 Å². The lowest BCUT2D eigenvalue weighted by molar-refractivity contribution is 0.760. The van der Waals surface area contributed by atoms with Gasteiger partial charge in [-0.15, -0.1) is 0 Å². The molecule has 0 bridgehead atoms. The smallest absolute Gasteiger partial charge is 0.209 e. The van der Waals surface area contributed by atoms with Crippen molar-refractivity contribution in [2.45, 2.75) is 6.04 Å². The second-order valence-corrected chi connectivity index (χ2v) is 17.7. The van der Waals surface area contributed by atoms with E-state index in [0.29, 0.717) is 0 Å². The number of aliphatic imine (C=N–C) groups is 1. The average Bonchev–Trinajstić information content (AvgIpc) is 3.80. The first kappa shape index (κ1) is 33.2. The first-order valence-electron chi connectivity index (χ1n) is 19.6. The third-order valence-electron chi connectivity index (χ3n) is 11.5. The Morgan fingerprint density at radius 2 is 0.930 bits per heavy atom. The minimum absolute atomic E-state index is 0.0643. The zero-order chi connectivity index (χ0) is 37.7. The van der Waals surface area contributed by atoms with Gasteiger partial charge >= 0.3 is 0 Å². The van der Waals surface area contributed by atoms with E-state index in [4.69, 9.17) is 4.99 Å².